The monoisotopic (exact) mass is 829 g/mol. The van der Waals surface area contributed by atoms with Gasteiger partial charge in [-0.3, -0.25) is 0 Å². The number of hydrogen-bond donors (Lipinski definition) is 0. The Morgan fingerprint density at radius 1 is 0.431 bits per heavy atom. The van der Waals surface area contributed by atoms with Crippen molar-refractivity contribution in [1.82, 2.24) is 4.57 Å². The Hall–Kier alpha value is -8.14. The first-order chi connectivity index (χ1) is 32.2. The SMILES string of the molecule is CCC1C=C(c2cc(-c3ccc4c5ccccc5n(-c5ccccc5)c4c3)cc3c2-c2ccccc2C32c3ccccc3-c3ccccc32)N=C(c2ccccc2)N=C1c1ccccc1. The second kappa shape index (κ2) is 14.7. The summed E-state index contributed by atoms with van der Waals surface area (Å²) in [5.41, 5.74) is 20.8. The van der Waals surface area contributed by atoms with Gasteiger partial charge in [0, 0.05) is 33.5 Å². The second-order valence-corrected chi connectivity index (χ2v) is 17.5. The number of aliphatic imine (C=N–C) groups is 2. The van der Waals surface area contributed by atoms with E-state index in [-0.39, 0.29) is 5.92 Å². The average molecular weight is 830 g/mol. The Labute approximate surface area is 379 Å². The van der Waals surface area contributed by atoms with Crippen molar-refractivity contribution in [3.05, 3.63) is 263 Å². The van der Waals surface area contributed by atoms with Gasteiger partial charge in [-0.25, -0.2) is 9.98 Å². The minimum Gasteiger partial charge on any atom is -0.309 e. The van der Waals surface area contributed by atoms with Crippen LogP contribution in [-0.2, 0) is 5.41 Å². The summed E-state index contributed by atoms with van der Waals surface area (Å²) in [6, 6.07) is 79.9. The fourth-order valence-electron chi connectivity index (χ4n) is 11.3. The molecule has 0 amide bonds. The van der Waals surface area contributed by atoms with Crippen LogP contribution < -0.4 is 0 Å². The fraction of sp³-hybridized carbons (Fsp3) is 0.0645. The van der Waals surface area contributed by atoms with Crippen molar-refractivity contribution in [2.75, 3.05) is 0 Å². The molecule has 1 spiro atoms. The van der Waals surface area contributed by atoms with Gasteiger partial charge < -0.3 is 4.57 Å². The van der Waals surface area contributed by atoms with E-state index in [9.17, 15) is 0 Å². The van der Waals surface area contributed by atoms with Gasteiger partial charge in [-0.2, -0.15) is 0 Å². The lowest BCUT2D eigenvalue weighted by atomic mass is 9.70. The summed E-state index contributed by atoms with van der Waals surface area (Å²) < 4.78 is 2.42. The van der Waals surface area contributed by atoms with E-state index in [0.717, 1.165) is 57.2 Å². The maximum absolute atomic E-state index is 5.70. The standard InChI is InChI=1S/C62H43N3/c1-2-40-38-56(63-61(42-22-8-4-9-23-42)64-60(40)41-20-6-3-7-21-41)51-36-44(43-34-35-49-48-28-15-19-33-57(48)65(58(49)39-43)45-24-10-5-11-25-45)37-55-59(51)50-29-14-18-32-54(50)62(55)52-30-16-12-26-46(52)47-27-13-17-31-53(47)62/h3-40H,2H2,1H3. The molecule has 3 aliphatic rings. The summed E-state index contributed by atoms with van der Waals surface area (Å²) in [5, 5.41) is 2.48. The summed E-state index contributed by atoms with van der Waals surface area (Å²) in [4.78, 5) is 11.2. The summed E-state index contributed by atoms with van der Waals surface area (Å²) in [6.07, 6.45) is 3.28. The number of nitrogens with zero attached hydrogens (tertiary/aromatic N) is 3. The predicted octanol–water partition coefficient (Wildman–Crippen LogP) is 15.1. The fourth-order valence-corrected chi connectivity index (χ4v) is 11.3. The van der Waals surface area contributed by atoms with Gasteiger partial charge in [0.25, 0.3) is 0 Å². The van der Waals surface area contributed by atoms with Crippen LogP contribution in [0, 0.1) is 5.92 Å². The third-order valence-corrected chi connectivity index (χ3v) is 14.1. The Bertz CT molecular complexity index is 3580. The molecule has 9 aromatic carbocycles. The molecule has 2 aliphatic carbocycles. The minimum absolute atomic E-state index is 0.0214. The molecule has 306 valence electrons. The Kier molecular flexibility index (Phi) is 8.48. The molecule has 1 aromatic heterocycles. The summed E-state index contributed by atoms with van der Waals surface area (Å²) >= 11 is 0. The van der Waals surface area contributed by atoms with Gasteiger partial charge in [-0.15, -0.1) is 0 Å². The maximum Gasteiger partial charge on any atom is 0.160 e. The molecule has 65 heavy (non-hydrogen) atoms. The average Bonchev–Trinajstić information content (AvgIpc) is 3.92. The molecule has 0 saturated carbocycles. The zero-order valence-corrected chi connectivity index (χ0v) is 36.0. The number of rotatable bonds is 6. The molecule has 10 aromatic rings. The molecule has 0 bridgehead atoms. The van der Waals surface area contributed by atoms with Crippen molar-refractivity contribution >= 4 is 39.1 Å². The van der Waals surface area contributed by atoms with Gasteiger partial charge in [-0.1, -0.05) is 189 Å². The highest BCUT2D eigenvalue weighted by molar-refractivity contribution is 6.17. The molecule has 3 heteroatoms. The van der Waals surface area contributed by atoms with Crippen LogP contribution in [0.2, 0.25) is 0 Å². The van der Waals surface area contributed by atoms with Crippen molar-refractivity contribution in [2.24, 2.45) is 15.9 Å². The van der Waals surface area contributed by atoms with Crippen molar-refractivity contribution in [3.63, 3.8) is 0 Å². The van der Waals surface area contributed by atoms with E-state index < -0.39 is 5.41 Å². The zero-order chi connectivity index (χ0) is 43.1. The lowest BCUT2D eigenvalue weighted by Crippen LogP contribution is -2.26. The predicted molar refractivity (Wildman–Crippen MR) is 270 cm³/mol. The lowest BCUT2D eigenvalue weighted by molar-refractivity contribution is 0.794. The molecule has 0 saturated heterocycles. The molecule has 3 nitrogen and oxygen atoms in total. The molecule has 1 aliphatic heterocycles. The number of amidine groups is 1. The lowest BCUT2D eigenvalue weighted by Gasteiger charge is -2.31. The molecule has 0 N–H and O–H groups in total. The molecule has 2 heterocycles. The van der Waals surface area contributed by atoms with E-state index in [4.69, 9.17) is 9.98 Å². The van der Waals surface area contributed by atoms with Crippen LogP contribution in [-0.4, -0.2) is 16.1 Å². The van der Waals surface area contributed by atoms with Gasteiger partial charge in [0.05, 0.1) is 27.9 Å². The van der Waals surface area contributed by atoms with Gasteiger partial charge >= 0.3 is 0 Å². The molecule has 1 atom stereocenters. The number of aromatic nitrogens is 1. The van der Waals surface area contributed by atoms with E-state index >= 15 is 0 Å². The number of benzene rings is 9. The van der Waals surface area contributed by atoms with Crippen LogP contribution in [0.1, 0.15) is 52.3 Å². The summed E-state index contributed by atoms with van der Waals surface area (Å²) in [6.45, 7) is 2.27. The van der Waals surface area contributed by atoms with E-state index in [1.54, 1.807) is 0 Å². The zero-order valence-electron chi connectivity index (χ0n) is 36.0. The number of hydrogen-bond acceptors (Lipinski definition) is 2. The molecular weight excluding hydrogens is 787 g/mol. The first-order valence-electron chi connectivity index (χ1n) is 22.8. The Morgan fingerprint density at radius 3 is 1.69 bits per heavy atom. The molecule has 13 rings (SSSR count). The summed E-state index contributed by atoms with van der Waals surface area (Å²) in [7, 11) is 0. The molecule has 1 unspecified atom stereocenters. The van der Waals surface area contributed by atoms with Crippen LogP contribution in [0.15, 0.2) is 234 Å². The minimum atomic E-state index is -0.542. The van der Waals surface area contributed by atoms with Crippen LogP contribution in [0.25, 0.3) is 66.6 Å². The van der Waals surface area contributed by atoms with Crippen LogP contribution >= 0.6 is 0 Å². The van der Waals surface area contributed by atoms with Gasteiger partial charge in [0.1, 0.15) is 0 Å². The third-order valence-electron chi connectivity index (χ3n) is 14.1. The highest BCUT2D eigenvalue weighted by Crippen LogP contribution is 2.64. The molecule has 0 radical (unpaired) electrons. The van der Waals surface area contributed by atoms with Crippen molar-refractivity contribution in [1.29, 1.82) is 0 Å². The topological polar surface area (TPSA) is 29.6 Å². The largest absolute Gasteiger partial charge is 0.309 e. The number of allylic oxidation sites excluding steroid dienone is 1. The van der Waals surface area contributed by atoms with E-state index in [2.05, 4.69) is 236 Å². The normalized spacial score (nSPS) is 15.5. The van der Waals surface area contributed by atoms with Crippen molar-refractivity contribution in [3.8, 4) is 39.1 Å². The van der Waals surface area contributed by atoms with Crippen molar-refractivity contribution in [2.45, 2.75) is 18.8 Å². The Morgan fingerprint density at radius 2 is 1.00 bits per heavy atom. The molecule has 0 fully saturated rings. The quantitative estimate of drug-likeness (QED) is 0.160. The van der Waals surface area contributed by atoms with E-state index in [1.165, 1.54) is 66.3 Å². The third kappa shape index (κ3) is 5.55. The number of para-hydroxylation sites is 2. The molecular formula is C62H43N3. The van der Waals surface area contributed by atoms with E-state index in [0.29, 0.717) is 0 Å². The highest BCUT2D eigenvalue weighted by atomic mass is 15.0. The maximum atomic E-state index is 5.70. The van der Waals surface area contributed by atoms with Gasteiger partial charge in [0.2, 0.25) is 0 Å². The first-order valence-corrected chi connectivity index (χ1v) is 22.8. The van der Waals surface area contributed by atoms with Gasteiger partial charge in [0.15, 0.2) is 5.84 Å². The second-order valence-electron chi connectivity index (χ2n) is 17.5. The highest BCUT2D eigenvalue weighted by Gasteiger charge is 2.52. The summed E-state index contributed by atoms with van der Waals surface area (Å²) in [5.74, 6) is 0.741. The van der Waals surface area contributed by atoms with Crippen molar-refractivity contribution < 1.29 is 0 Å². The Balaban J connectivity index is 1.15. The van der Waals surface area contributed by atoms with Crippen LogP contribution in [0.4, 0.5) is 0 Å². The number of fused-ring (bicyclic) bond motifs is 13. The first kappa shape index (κ1) is 37.4. The van der Waals surface area contributed by atoms with Crippen LogP contribution in [0.5, 0.6) is 0 Å². The van der Waals surface area contributed by atoms with E-state index in [1.807, 2.05) is 0 Å². The van der Waals surface area contributed by atoms with Crippen LogP contribution in [0.3, 0.4) is 0 Å². The smallest absolute Gasteiger partial charge is 0.160 e. The van der Waals surface area contributed by atoms with Gasteiger partial charge in [-0.05, 0) is 110 Å².